The number of anilines is 2. The third-order valence-electron chi connectivity index (χ3n) is 3.89. The molecule has 0 aliphatic rings. The summed E-state index contributed by atoms with van der Waals surface area (Å²) >= 11 is 0. The number of amides is 1. The third-order valence-corrected chi connectivity index (χ3v) is 3.89. The Hall–Kier alpha value is -2.29. The predicted octanol–water partition coefficient (Wildman–Crippen LogP) is 4.02. The van der Waals surface area contributed by atoms with Gasteiger partial charge in [0, 0.05) is 24.5 Å². The van der Waals surface area contributed by atoms with Crippen LogP contribution in [0.25, 0.3) is 0 Å². The number of carbonyl (C=O) groups excluding carboxylic acids is 1. The first-order valence-corrected chi connectivity index (χ1v) is 7.83. The maximum absolute atomic E-state index is 12.1. The smallest absolute Gasteiger partial charge is 0.228 e. The van der Waals surface area contributed by atoms with Crippen molar-refractivity contribution >= 4 is 17.3 Å². The molecule has 22 heavy (non-hydrogen) atoms. The lowest BCUT2D eigenvalue weighted by Gasteiger charge is -2.21. The molecule has 0 bridgehead atoms. The summed E-state index contributed by atoms with van der Waals surface area (Å²) < 4.78 is 0. The number of benzene rings is 2. The molecule has 0 saturated heterocycles. The van der Waals surface area contributed by atoms with Crippen LogP contribution in [0.5, 0.6) is 0 Å². The summed E-state index contributed by atoms with van der Waals surface area (Å²) in [5.41, 5.74) is 4.24. The molecule has 0 heterocycles. The summed E-state index contributed by atoms with van der Waals surface area (Å²) in [7, 11) is 0. The quantitative estimate of drug-likeness (QED) is 0.873. The van der Waals surface area contributed by atoms with E-state index in [4.69, 9.17) is 0 Å². The first-order chi connectivity index (χ1) is 10.6. The van der Waals surface area contributed by atoms with Crippen molar-refractivity contribution in [1.82, 2.24) is 0 Å². The van der Waals surface area contributed by atoms with Crippen molar-refractivity contribution in [1.29, 1.82) is 0 Å². The molecule has 2 aromatic carbocycles. The number of nitrogens with one attached hydrogen (secondary N) is 1. The molecule has 0 spiro atoms. The highest BCUT2D eigenvalue weighted by Gasteiger charge is 2.07. The van der Waals surface area contributed by atoms with E-state index in [-0.39, 0.29) is 5.91 Å². The van der Waals surface area contributed by atoms with Crippen LogP contribution in [0.2, 0.25) is 0 Å². The molecule has 2 rings (SSSR count). The minimum Gasteiger partial charge on any atom is -0.372 e. The molecule has 0 aliphatic carbocycles. The van der Waals surface area contributed by atoms with Gasteiger partial charge in [0.05, 0.1) is 6.42 Å². The van der Waals surface area contributed by atoms with Gasteiger partial charge >= 0.3 is 0 Å². The van der Waals surface area contributed by atoms with Gasteiger partial charge in [0.15, 0.2) is 0 Å². The van der Waals surface area contributed by atoms with E-state index in [9.17, 15) is 4.79 Å². The van der Waals surface area contributed by atoms with Crippen molar-refractivity contribution in [2.75, 3.05) is 23.3 Å². The number of aryl methyl sites for hydroxylation is 1. The fraction of sp³-hybridized carbons (Fsp3) is 0.316. The highest BCUT2D eigenvalue weighted by molar-refractivity contribution is 5.92. The van der Waals surface area contributed by atoms with Gasteiger partial charge in [0.25, 0.3) is 0 Å². The Balaban J connectivity index is 1.99. The molecule has 0 atom stereocenters. The van der Waals surface area contributed by atoms with Gasteiger partial charge in [-0.15, -0.1) is 0 Å². The van der Waals surface area contributed by atoms with Crippen LogP contribution < -0.4 is 10.2 Å². The summed E-state index contributed by atoms with van der Waals surface area (Å²) in [5, 5.41) is 2.96. The van der Waals surface area contributed by atoms with Crippen molar-refractivity contribution < 1.29 is 4.79 Å². The molecule has 3 nitrogen and oxygen atoms in total. The molecule has 1 amide bonds. The second-order valence-electron chi connectivity index (χ2n) is 5.37. The summed E-state index contributed by atoms with van der Waals surface area (Å²) in [6.45, 7) is 8.27. The van der Waals surface area contributed by atoms with Crippen LogP contribution in [0, 0.1) is 6.92 Å². The van der Waals surface area contributed by atoms with Crippen LogP contribution in [0.15, 0.2) is 48.5 Å². The molecule has 116 valence electrons. The molecule has 1 N–H and O–H groups in total. The molecule has 0 unspecified atom stereocenters. The van der Waals surface area contributed by atoms with E-state index in [2.05, 4.69) is 36.2 Å². The van der Waals surface area contributed by atoms with Gasteiger partial charge in [-0.25, -0.2) is 0 Å². The summed E-state index contributed by atoms with van der Waals surface area (Å²) in [5.74, 6) is 0.0184. The maximum atomic E-state index is 12.1. The topological polar surface area (TPSA) is 32.3 Å². The first-order valence-electron chi connectivity index (χ1n) is 7.83. The lowest BCUT2D eigenvalue weighted by atomic mass is 10.1. The number of hydrogen-bond acceptors (Lipinski definition) is 2. The number of carbonyl (C=O) groups is 1. The zero-order chi connectivity index (χ0) is 15.9. The Morgan fingerprint density at radius 3 is 2.23 bits per heavy atom. The second-order valence-corrected chi connectivity index (χ2v) is 5.37. The van der Waals surface area contributed by atoms with Crippen molar-refractivity contribution in [3.05, 3.63) is 59.7 Å². The highest BCUT2D eigenvalue weighted by atomic mass is 16.1. The molecule has 2 aromatic rings. The average molecular weight is 296 g/mol. The molecule has 3 heteroatoms. The standard InChI is InChI=1S/C19H24N2O/c1-4-21(5-2)18-12-10-17(11-13-18)20-19(22)14-16-9-7-6-8-15(16)3/h6-13H,4-5,14H2,1-3H3,(H,20,22). The highest BCUT2D eigenvalue weighted by Crippen LogP contribution is 2.18. The maximum Gasteiger partial charge on any atom is 0.228 e. The molecule has 0 aliphatic heterocycles. The van der Waals surface area contributed by atoms with Crippen molar-refractivity contribution in [2.24, 2.45) is 0 Å². The zero-order valence-corrected chi connectivity index (χ0v) is 13.6. The van der Waals surface area contributed by atoms with E-state index in [1.165, 1.54) is 5.69 Å². The fourth-order valence-corrected chi connectivity index (χ4v) is 2.53. The summed E-state index contributed by atoms with van der Waals surface area (Å²) in [6, 6.07) is 16.0. The number of nitrogens with zero attached hydrogens (tertiary/aromatic N) is 1. The van der Waals surface area contributed by atoms with E-state index < -0.39 is 0 Å². The van der Waals surface area contributed by atoms with Gasteiger partial charge in [-0.3, -0.25) is 4.79 Å². The lowest BCUT2D eigenvalue weighted by molar-refractivity contribution is -0.115. The molecule has 0 saturated carbocycles. The van der Waals surface area contributed by atoms with E-state index in [1.54, 1.807) is 0 Å². The Morgan fingerprint density at radius 1 is 1.00 bits per heavy atom. The molecular weight excluding hydrogens is 272 g/mol. The normalized spacial score (nSPS) is 10.3. The van der Waals surface area contributed by atoms with E-state index in [0.717, 1.165) is 29.9 Å². The predicted molar refractivity (Wildman–Crippen MR) is 93.5 cm³/mol. The van der Waals surface area contributed by atoms with Gasteiger partial charge in [-0.2, -0.15) is 0 Å². The fourth-order valence-electron chi connectivity index (χ4n) is 2.53. The largest absolute Gasteiger partial charge is 0.372 e. The monoisotopic (exact) mass is 296 g/mol. The minimum absolute atomic E-state index is 0.0184. The van der Waals surface area contributed by atoms with E-state index in [0.29, 0.717) is 6.42 Å². The average Bonchev–Trinajstić information content (AvgIpc) is 2.52. The van der Waals surface area contributed by atoms with E-state index in [1.807, 2.05) is 43.3 Å². The zero-order valence-electron chi connectivity index (χ0n) is 13.6. The molecule has 0 aromatic heterocycles. The first kappa shape index (κ1) is 16.1. The third kappa shape index (κ3) is 4.10. The van der Waals surface area contributed by atoms with E-state index >= 15 is 0 Å². The van der Waals surface area contributed by atoms with Crippen LogP contribution >= 0.6 is 0 Å². The van der Waals surface area contributed by atoms with Crippen LogP contribution in [0.4, 0.5) is 11.4 Å². The van der Waals surface area contributed by atoms with Gasteiger partial charge in [0.2, 0.25) is 5.91 Å². The van der Waals surface area contributed by atoms with Gasteiger partial charge in [-0.05, 0) is 56.2 Å². The van der Waals surface area contributed by atoms with Crippen molar-refractivity contribution in [3.8, 4) is 0 Å². The Labute approximate surface area is 133 Å². The van der Waals surface area contributed by atoms with Gasteiger partial charge in [0.1, 0.15) is 0 Å². The van der Waals surface area contributed by atoms with Crippen LogP contribution in [-0.4, -0.2) is 19.0 Å². The SMILES string of the molecule is CCN(CC)c1ccc(NC(=O)Cc2ccccc2C)cc1. The molecular formula is C19H24N2O. The Bertz CT molecular complexity index is 616. The van der Waals surface area contributed by atoms with Gasteiger partial charge < -0.3 is 10.2 Å². The lowest BCUT2D eigenvalue weighted by Crippen LogP contribution is -2.21. The Morgan fingerprint density at radius 2 is 1.64 bits per heavy atom. The van der Waals surface area contributed by atoms with Crippen LogP contribution in [0.3, 0.4) is 0 Å². The summed E-state index contributed by atoms with van der Waals surface area (Å²) in [4.78, 5) is 14.4. The molecule has 0 radical (unpaired) electrons. The van der Waals surface area contributed by atoms with Gasteiger partial charge in [-0.1, -0.05) is 24.3 Å². The minimum atomic E-state index is 0.0184. The van der Waals surface area contributed by atoms with Crippen LogP contribution in [0.1, 0.15) is 25.0 Å². The number of rotatable bonds is 6. The van der Waals surface area contributed by atoms with Crippen LogP contribution in [-0.2, 0) is 11.2 Å². The van der Waals surface area contributed by atoms with Crippen molar-refractivity contribution in [3.63, 3.8) is 0 Å². The molecule has 0 fully saturated rings. The second kappa shape index (κ2) is 7.64. The summed E-state index contributed by atoms with van der Waals surface area (Å²) in [6.07, 6.45) is 0.407. The Kier molecular flexibility index (Phi) is 5.59. The number of hydrogen-bond donors (Lipinski definition) is 1. The van der Waals surface area contributed by atoms with Crippen molar-refractivity contribution in [2.45, 2.75) is 27.2 Å².